The molecular weight excluding hydrogens is 450 g/mol. The first kappa shape index (κ1) is 26.6. The molecular formula is C24H45N3O4Si2. The standard InChI is InChI=1S/C24H45N3O4Si2/c1-22(2,3)32(7,8)30-17-12-11-14-24(17)18(31-33(9,10)23(4,5)6)16-20(29-24)27-15-13-19(25)26-21(27)28/h13,15,17-18,20H,11-12,14,16H2,1-10H3,(H2,25,26,28)/t17-,18-,20-,24-/m1/s1. The van der Waals surface area contributed by atoms with Gasteiger partial charge in [0.05, 0.1) is 12.2 Å². The summed E-state index contributed by atoms with van der Waals surface area (Å²) in [5, 5.41) is 0.169. The fraction of sp³-hybridized carbons (Fsp3) is 0.833. The van der Waals surface area contributed by atoms with Crippen molar-refractivity contribution < 1.29 is 13.6 Å². The Bertz CT molecular complexity index is 920. The van der Waals surface area contributed by atoms with Gasteiger partial charge in [-0.25, -0.2) is 4.79 Å². The Balaban J connectivity index is 2.01. The first-order valence-electron chi connectivity index (χ1n) is 12.3. The lowest BCUT2D eigenvalue weighted by Gasteiger charge is -2.46. The Hall–Kier alpha value is -1.01. The summed E-state index contributed by atoms with van der Waals surface area (Å²) in [5.41, 5.74) is 4.79. The van der Waals surface area contributed by atoms with Crippen LogP contribution in [0.4, 0.5) is 5.82 Å². The monoisotopic (exact) mass is 495 g/mol. The summed E-state index contributed by atoms with van der Waals surface area (Å²) in [5.74, 6) is 0.220. The highest BCUT2D eigenvalue weighted by Gasteiger charge is 2.61. The summed E-state index contributed by atoms with van der Waals surface area (Å²) in [7, 11) is -4.12. The molecule has 0 radical (unpaired) electrons. The second-order valence-electron chi connectivity index (χ2n) is 12.9. The zero-order valence-corrected chi connectivity index (χ0v) is 24.3. The molecule has 1 aliphatic heterocycles. The molecule has 2 N–H and O–H groups in total. The number of aromatic nitrogens is 2. The quantitative estimate of drug-likeness (QED) is 0.547. The second-order valence-corrected chi connectivity index (χ2v) is 22.4. The van der Waals surface area contributed by atoms with Crippen LogP contribution >= 0.6 is 0 Å². The van der Waals surface area contributed by atoms with Crippen LogP contribution in [-0.4, -0.2) is 44.0 Å². The third kappa shape index (κ3) is 5.03. The topological polar surface area (TPSA) is 88.6 Å². The summed E-state index contributed by atoms with van der Waals surface area (Å²) in [6, 6.07) is 1.65. The van der Waals surface area contributed by atoms with Gasteiger partial charge in [-0.3, -0.25) is 4.57 Å². The summed E-state index contributed by atoms with van der Waals surface area (Å²) in [6.45, 7) is 22.7. The molecule has 1 aromatic heterocycles. The number of anilines is 1. The number of hydrogen-bond acceptors (Lipinski definition) is 6. The normalized spacial score (nSPS) is 29.2. The Morgan fingerprint density at radius 2 is 1.61 bits per heavy atom. The Labute approximate surface area is 201 Å². The molecule has 4 atom stereocenters. The summed E-state index contributed by atoms with van der Waals surface area (Å²) in [6.07, 6.45) is 4.53. The Kier molecular flexibility index (Phi) is 6.92. The molecule has 2 aliphatic rings. The first-order chi connectivity index (χ1) is 14.9. The van der Waals surface area contributed by atoms with E-state index in [-0.39, 0.29) is 33.8 Å². The van der Waals surface area contributed by atoms with Crippen molar-refractivity contribution in [3.05, 3.63) is 22.7 Å². The lowest BCUT2D eigenvalue weighted by atomic mass is 9.93. The van der Waals surface area contributed by atoms with Crippen LogP contribution in [0.5, 0.6) is 0 Å². The zero-order valence-electron chi connectivity index (χ0n) is 22.3. The highest BCUT2D eigenvalue weighted by Crippen LogP contribution is 2.53. The third-order valence-corrected chi connectivity index (χ3v) is 17.5. The minimum Gasteiger partial charge on any atom is -0.411 e. The maximum Gasteiger partial charge on any atom is 0.351 e. The minimum atomic E-state index is -2.09. The molecule has 1 saturated carbocycles. The van der Waals surface area contributed by atoms with Crippen molar-refractivity contribution >= 4 is 22.5 Å². The smallest absolute Gasteiger partial charge is 0.351 e. The van der Waals surface area contributed by atoms with Crippen molar-refractivity contribution in [2.45, 2.75) is 128 Å². The van der Waals surface area contributed by atoms with Gasteiger partial charge >= 0.3 is 5.69 Å². The van der Waals surface area contributed by atoms with E-state index in [0.717, 1.165) is 19.3 Å². The number of nitrogens with zero attached hydrogens (tertiary/aromatic N) is 2. The van der Waals surface area contributed by atoms with Crippen molar-refractivity contribution in [3.8, 4) is 0 Å². The highest BCUT2D eigenvalue weighted by atomic mass is 28.4. The molecule has 1 aliphatic carbocycles. The predicted octanol–water partition coefficient (Wildman–Crippen LogP) is 5.45. The molecule has 1 aromatic rings. The minimum absolute atomic E-state index is 0.0457. The first-order valence-corrected chi connectivity index (χ1v) is 18.1. The van der Waals surface area contributed by atoms with E-state index in [2.05, 4.69) is 72.7 Å². The van der Waals surface area contributed by atoms with E-state index in [4.69, 9.17) is 19.3 Å². The van der Waals surface area contributed by atoms with Gasteiger partial charge in [0, 0.05) is 12.6 Å². The van der Waals surface area contributed by atoms with Gasteiger partial charge in [0.15, 0.2) is 16.6 Å². The van der Waals surface area contributed by atoms with Gasteiger partial charge in [0.25, 0.3) is 0 Å². The number of rotatable bonds is 5. The van der Waals surface area contributed by atoms with Crippen LogP contribution in [0.2, 0.25) is 36.3 Å². The van der Waals surface area contributed by atoms with Crippen molar-refractivity contribution in [2.75, 3.05) is 5.73 Å². The van der Waals surface area contributed by atoms with Crippen LogP contribution in [0.15, 0.2) is 17.1 Å². The van der Waals surface area contributed by atoms with E-state index < -0.39 is 28.5 Å². The molecule has 0 aromatic carbocycles. The Morgan fingerprint density at radius 3 is 2.12 bits per heavy atom. The van der Waals surface area contributed by atoms with Gasteiger partial charge in [0.1, 0.15) is 17.6 Å². The second kappa shape index (κ2) is 8.58. The lowest BCUT2D eigenvalue weighted by molar-refractivity contribution is -0.142. The van der Waals surface area contributed by atoms with Crippen molar-refractivity contribution in [1.29, 1.82) is 0 Å². The maximum atomic E-state index is 12.7. The van der Waals surface area contributed by atoms with Gasteiger partial charge in [-0.05, 0) is 61.6 Å². The van der Waals surface area contributed by atoms with Crippen molar-refractivity contribution in [2.24, 2.45) is 0 Å². The number of hydrogen-bond donors (Lipinski definition) is 1. The summed E-state index contributed by atoms with van der Waals surface area (Å²) in [4.78, 5) is 16.6. The summed E-state index contributed by atoms with van der Waals surface area (Å²) < 4.78 is 22.4. The fourth-order valence-corrected chi connectivity index (χ4v) is 7.16. The molecule has 1 spiro atoms. The average Bonchev–Trinajstić information content (AvgIpc) is 3.17. The van der Waals surface area contributed by atoms with E-state index >= 15 is 0 Å². The molecule has 2 fully saturated rings. The molecule has 188 valence electrons. The predicted molar refractivity (Wildman–Crippen MR) is 138 cm³/mol. The SMILES string of the molecule is CC(C)(C)[Si](C)(C)O[C@@H]1CCC[C@@]12O[C@@H](n1ccc(N)nc1=O)C[C@H]2O[Si](C)(C)C(C)(C)C. The molecule has 33 heavy (non-hydrogen) atoms. The van der Waals surface area contributed by atoms with E-state index in [0.29, 0.717) is 6.42 Å². The fourth-order valence-electron chi connectivity index (χ4n) is 4.42. The molecule has 1 saturated heterocycles. The van der Waals surface area contributed by atoms with Crippen LogP contribution in [0, 0.1) is 0 Å². The lowest BCUT2D eigenvalue weighted by Crippen LogP contribution is -2.57. The van der Waals surface area contributed by atoms with E-state index in [1.165, 1.54) is 0 Å². The van der Waals surface area contributed by atoms with Crippen LogP contribution in [0.1, 0.15) is 73.5 Å². The number of nitrogens with two attached hydrogens (primary N) is 1. The largest absolute Gasteiger partial charge is 0.411 e. The van der Waals surface area contributed by atoms with Crippen LogP contribution in [0.25, 0.3) is 0 Å². The van der Waals surface area contributed by atoms with Crippen molar-refractivity contribution in [1.82, 2.24) is 9.55 Å². The molecule has 7 nitrogen and oxygen atoms in total. The molecule has 2 heterocycles. The molecule has 3 rings (SSSR count). The van der Waals surface area contributed by atoms with Gasteiger partial charge in [0.2, 0.25) is 0 Å². The molecule has 0 amide bonds. The summed E-state index contributed by atoms with van der Waals surface area (Å²) >= 11 is 0. The maximum absolute atomic E-state index is 12.7. The third-order valence-electron chi connectivity index (χ3n) is 8.54. The van der Waals surface area contributed by atoms with Gasteiger partial charge in [-0.1, -0.05) is 41.5 Å². The number of ether oxygens (including phenoxy) is 1. The molecule has 9 heteroatoms. The van der Waals surface area contributed by atoms with E-state index in [1.54, 1.807) is 16.8 Å². The molecule has 0 bridgehead atoms. The van der Waals surface area contributed by atoms with E-state index in [9.17, 15) is 4.79 Å². The van der Waals surface area contributed by atoms with Gasteiger partial charge in [-0.15, -0.1) is 0 Å². The van der Waals surface area contributed by atoms with Gasteiger partial charge < -0.3 is 19.3 Å². The average molecular weight is 496 g/mol. The van der Waals surface area contributed by atoms with Crippen LogP contribution in [-0.2, 0) is 13.6 Å². The molecule has 0 unspecified atom stereocenters. The van der Waals surface area contributed by atoms with Crippen molar-refractivity contribution in [3.63, 3.8) is 0 Å². The van der Waals surface area contributed by atoms with Gasteiger partial charge in [-0.2, -0.15) is 4.98 Å². The van der Waals surface area contributed by atoms with Crippen LogP contribution < -0.4 is 11.4 Å². The zero-order chi connectivity index (χ0) is 25.0. The Morgan fingerprint density at radius 1 is 1.06 bits per heavy atom. The highest BCUT2D eigenvalue weighted by molar-refractivity contribution is 6.74. The van der Waals surface area contributed by atoms with E-state index in [1.807, 2.05) is 0 Å². The van der Waals surface area contributed by atoms with Crippen LogP contribution in [0.3, 0.4) is 0 Å². The number of nitrogen functional groups attached to an aromatic ring is 1.